The number of hydrogen-bond acceptors (Lipinski definition) is 2. The minimum Gasteiger partial charge on any atom is -0.395 e. The molecule has 0 aromatic heterocycles. The summed E-state index contributed by atoms with van der Waals surface area (Å²) < 4.78 is 0. The molecule has 0 bridgehead atoms. The van der Waals surface area contributed by atoms with Crippen molar-refractivity contribution in [2.24, 2.45) is 0 Å². The van der Waals surface area contributed by atoms with Crippen molar-refractivity contribution in [2.45, 2.75) is 65.2 Å². The average Bonchev–Trinajstić information content (AvgIpc) is 2.29. The maximum atomic E-state index is 8.99. The Labute approximate surface area is 102 Å². The van der Waals surface area contributed by atoms with E-state index in [1.54, 1.807) is 0 Å². The van der Waals surface area contributed by atoms with Crippen molar-refractivity contribution in [3.63, 3.8) is 0 Å². The van der Waals surface area contributed by atoms with Crippen molar-refractivity contribution in [2.75, 3.05) is 26.2 Å². The highest BCUT2D eigenvalue weighted by Crippen LogP contribution is 2.05. The molecule has 0 amide bonds. The van der Waals surface area contributed by atoms with E-state index in [2.05, 4.69) is 18.7 Å². The lowest BCUT2D eigenvalue weighted by atomic mass is 10.1. The molecule has 2 heteroatoms. The SMILES string of the molecule is CCCCCCCN(CCO)CCCCC. The standard InChI is InChI=1S/C14H31NO/c1-3-5-7-8-10-12-15(13-14-16)11-9-6-4-2/h16H,3-14H2,1-2H3. The van der Waals surface area contributed by atoms with Crippen LogP contribution in [-0.2, 0) is 0 Å². The highest BCUT2D eigenvalue weighted by molar-refractivity contribution is 4.58. The van der Waals surface area contributed by atoms with Crippen molar-refractivity contribution < 1.29 is 5.11 Å². The van der Waals surface area contributed by atoms with Gasteiger partial charge in [0.2, 0.25) is 0 Å². The Bertz CT molecular complexity index is 128. The van der Waals surface area contributed by atoms with Crippen LogP contribution in [0.1, 0.15) is 65.2 Å². The van der Waals surface area contributed by atoms with E-state index in [0.717, 1.165) is 6.54 Å². The van der Waals surface area contributed by atoms with E-state index in [0.29, 0.717) is 6.61 Å². The number of hydrogen-bond donors (Lipinski definition) is 1. The molecule has 0 saturated carbocycles. The summed E-state index contributed by atoms with van der Waals surface area (Å²) in [4.78, 5) is 2.42. The topological polar surface area (TPSA) is 23.5 Å². The number of unbranched alkanes of at least 4 members (excludes halogenated alkanes) is 6. The molecule has 0 heterocycles. The highest BCUT2D eigenvalue weighted by Gasteiger charge is 2.02. The van der Waals surface area contributed by atoms with Gasteiger partial charge in [0.25, 0.3) is 0 Å². The molecule has 0 aliphatic carbocycles. The molecular weight excluding hydrogens is 198 g/mol. The third kappa shape index (κ3) is 10.4. The molecule has 0 aliphatic rings. The average molecular weight is 229 g/mol. The normalized spacial score (nSPS) is 11.2. The molecule has 0 aliphatic heterocycles. The maximum Gasteiger partial charge on any atom is 0.0558 e. The monoisotopic (exact) mass is 229 g/mol. The molecule has 1 N–H and O–H groups in total. The van der Waals surface area contributed by atoms with Gasteiger partial charge in [-0.15, -0.1) is 0 Å². The van der Waals surface area contributed by atoms with Crippen LogP contribution in [0, 0.1) is 0 Å². The molecule has 2 nitrogen and oxygen atoms in total. The van der Waals surface area contributed by atoms with Gasteiger partial charge in [-0.1, -0.05) is 52.4 Å². The lowest BCUT2D eigenvalue weighted by molar-refractivity contribution is 0.190. The van der Waals surface area contributed by atoms with E-state index >= 15 is 0 Å². The van der Waals surface area contributed by atoms with Gasteiger partial charge in [0.05, 0.1) is 6.61 Å². The number of aliphatic hydroxyl groups excluding tert-OH is 1. The summed E-state index contributed by atoms with van der Waals surface area (Å²) in [5, 5.41) is 8.99. The van der Waals surface area contributed by atoms with E-state index in [9.17, 15) is 0 Å². The van der Waals surface area contributed by atoms with Crippen LogP contribution in [-0.4, -0.2) is 36.2 Å². The molecule has 0 aromatic rings. The minimum atomic E-state index is 0.307. The molecule has 0 atom stereocenters. The Kier molecular flexibility index (Phi) is 12.9. The van der Waals surface area contributed by atoms with Crippen LogP contribution in [0.15, 0.2) is 0 Å². The summed E-state index contributed by atoms with van der Waals surface area (Å²) in [6, 6.07) is 0. The zero-order valence-corrected chi connectivity index (χ0v) is 11.4. The first-order chi connectivity index (χ1) is 7.85. The third-order valence-corrected chi connectivity index (χ3v) is 3.07. The second-order valence-electron chi connectivity index (χ2n) is 4.69. The van der Waals surface area contributed by atoms with Crippen LogP contribution >= 0.6 is 0 Å². The number of rotatable bonds is 12. The Morgan fingerprint density at radius 2 is 1.19 bits per heavy atom. The van der Waals surface area contributed by atoms with E-state index < -0.39 is 0 Å². The van der Waals surface area contributed by atoms with Crippen LogP contribution in [0.5, 0.6) is 0 Å². The predicted molar refractivity (Wildman–Crippen MR) is 71.8 cm³/mol. The van der Waals surface area contributed by atoms with Gasteiger partial charge in [-0.3, -0.25) is 0 Å². The highest BCUT2D eigenvalue weighted by atomic mass is 16.3. The third-order valence-electron chi connectivity index (χ3n) is 3.07. The first-order valence-electron chi connectivity index (χ1n) is 7.18. The van der Waals surface area contributed by atoms with Gasteiger partial charge in [-0.25, -0.2) is 0 Å². The van der Waals surface area contributed by atoms with Crippen molar-refractivity contribution in [3.05, 3.63) is 0 Å². The van der Waals surface area contributed by atoms with Gasteiger partial charge in [-0.2, -0.15) is 0 Å². The molecular formula is C14H31NO. The van der Waals surface area contributed by atoms with E-state index in [1.165, 1.54) is 64.5 Å². The lowest BCUT2D eigenvalue weighted by Gasteiger charge is -2.21. The van der Waals surface area contributed by atoms with E-state index in [-0.39, 0.29) is 0 Å². The molecule has 0 unspecified atom stereocenters. The quantitative estimate of drug-likeness (QED) is 0.518. The van der Waals surface area contributed by atoms with Gasteiger partial charge in [0, 0.05) is 6.54 Å². The lowest BCUT2D eigenvalue weighted by Crippen LogP contribution is -2.29. The molecule has 0 saturated heterocycles. The van der Waals surface area contributed by atoms with E-state index in [1.807, 2.05) is 0 Å². The molecule has 0 fully saturated rings. The van der Waals surface area contributed by atoms with E-state index in [4.69, 9.17) is 5.11 Å². The van der Waals surface area contributed by atoms with Crippen molar-refractivity contribution >= 4 is 0 Å². The molecule has 16 heavy (non-hydrogen) atoms. The fourth-order valence-corrected chi connectivity index (χ4v) is 2.00. The predicted octanol–water partition coefficient (Wildman–Crippen LogP) is 3.44. The molecule has 0 radical (unpaired) electrons. The van der Waals surface area contributed by atoms with Gasteiger partial charge in [-0.05, 0) is 25.9 Å². The van der Waals surface area contributed by atoms with Crippen LogP contribution in [0.2, 0.25) is 0 Å². The van der Waals surface area contributed by atoms with Gasteiger partial charge in [0.15, 0.2) is 0 Å². The second kappa shape index (κ2) is 13.0. The summed E-state index contributed by atoms with van der Waals surface area (Å²) in [5.74, 6) is 0. The fourth-order valence-electron chi connectivity index (χ4n) is 2.00. The molecule has 0 aromatic carbocycles. The van der Waals surface area contributed by atoms with Crippen molar-refractivity contribution in [3.8, 4) is 0 Å². The summed E-state index contributed by atoms with van der Waals surface area (Å²) in [6.07, 6.45) is 10.6. The van der Waals surface area contributed by atoms with Gasteiger partial charge >= 0.3 is 0 Å². The zero-order valence-electron chi connectivity index (χ0n) is 11.4. The molecule has 98 valence electrons. The molecule has 0 spiro atoms. The first-order valence-corrected chi connectivity index (χ1v) is 7.18. The zero-order chi connectivity index (χ0) is 12.1. The summed E-state index contributed by atoms with van der Waals surface area (Å²) in [5.41, 5.74) is 0. The van der Waals surface area contributed by atoms with Gasteiger partial charge in [0.1, 0.15) is 0 Å². The van der Waals surface area contributed by atoms with Crippen molar-refractivity contribution in [1.82, 2.24) is 4.90 Å². The smallest absolute Gasteiger partial charge is 0.0558 e. The fraction of sp³-hybridized carbons (Fsp3) is 1.00. The second-order valence-corrected chi connectivity index (χ2v) is 4.69. The molecule has 0 rings (SSSR count). The Morgan fingerprint density at radius 3 is 1.75 bits per heavy atom. The Hall–Kier alpha value is -0.0800. The van der Waals surface area contributed by atoms with Crippen LogP contribution < -0.4 is 0 Å². The first kappa shape index (κ1) is 15.9. The van der Waals surface area contributed by atoms with Crippen molar-refractivity contribution in [1.29, 1.82) is 0 Å². The Morgan fingerprint density at radius 1 is 0.688 bits per heavy atom. The largest absolute Gasteiger partial charge is 0.395 e. The number of nitrogens with zero attached hydrogens (tertiary/aromatic N) is 1. The van der Waals surface area contributed by atoms with Crippen LogP contribution in [0.25, 0.3) is 0 Å². The minimum absolute atomic E-state index is 0.307. The van der Waals surface area contributed by atoms with Gasteiger partial charge < -0.3 is 10.0 Å². The number of aliphatic hydroxyl groups is 1. The van der Waals surface area contributed by atoms with Crippen LogP contribution in [0.4, 0.5) is 0 Å². The summed E-state index contributed by atoms with van der Waals surface area (Å²) in [7, 11) is 0. The summed E-state index contributed by atoms with van der Waals surface area (Å²) in [6.45, 7) is 8.00. The Balaban J connectivity index is 3.43. The van der Waals surface area contributed by atoms with Crippen LogP contribution in [0.3, 0.4) is 0 Å². The summed E-state index contributed by atoms with van der Waals surface area (Å²) >= 11 is 0. The maximum absolute atomic E-state index is 8.99.